The molecule has 1 unspecified atom stereocenters. The summed E-state index contributed by atoms with van der Waals surface area (Å²) in [5.74, 6) is 0.0599. The van der Waals surface area contributed by atoms with Crippen LogP contribution in [0, 0.1) is 5.92 Å². The van der Waals surface area contributed by atoms with Crippen molar-refractivity contribution < 1.29 is 13.2 Å². The number of benzene rings is 1. The van der Waals surface area contributed by atoms with Crippen LogP contribution in [0.15, 0.2) is 30.3 Å². The van der Waals surface area contributed by atoms with Gasteiger partial charge in [0.15, 0.2) is 0 Å². The number of carbonyl (C=O) groups is 1. The number of likely N-dealkylation sites (N-methyl/N-ethyl adjacent to an activating group) is 1. The SMILES string of the molecule is CCS(=O)(=O)N1CCC(C(=O)NCC(Cc2ccccc2)N(C)C)CC1. The van der Waals surface area contributed by atoms with Gasteiger partial charge in [0, 0.05) is 31.6 Å². The van der Waals surface area contributed by atoms with Crippen molar-refractivity contribution >= 4 is 15.9 Å². The molecule has 1 aromatic carbocycles. The Bertz CT molecular complexity index is 669. The Balaban J connectivity index is 1.83. The number of nitrogens with one attached hydrogen (secondary N) is 1. The van der Waals surface area contributed by atoms with E-state index >= 15 is 0 Å². The van der Waals surface area contributed by atoms with Gasteiger partial charge in [-0.1, -0.05) is 30.3 Å². The van der Waals surface area contributed by atoms with Crippen LogP contribution in [-0.4, -0.2) is 69.1 Å². The number of amides is 1. The van der Waals surface area contributed by atoms with E-state index in [1.54, 1.807) is 6.92 Å². The third-order valence-corrected chi connectivity index (χ3v) is 7.02. The molecule has 0 aliphatic carbocycles. The molecule has 7 heteroatoms. The average Bonchev–Trinajstić information content (AvgIpc) is 2.65. The van der Waals surface area contributed by atoms with Crippen LogP contribution >= 0.6 is 0 Å². The van der Waals surface area contributed by atoms with Gasteiger partial charge in [-0.2, -0.15) is 0 Å². The largest absolute Gasteiger partial charge is 0.354 e. The lowest BCUT2D eigenvalue weighted by Crippen LogP contribution is -2.46. The van der Waals surface area contributed by atoms with Crippen LogP contribution in [0.2, 0.25) is 0 Å². The average molecular weight is 382 g/mol. The lowest BCUT2D eigenvalue weighted by Gasteiger charge is -2.31. The van der Waals surface area contributed by atoms with E-state index in [2.05, 4.69) is 22.3 Å². The zero-order valence-electron chi connectivity index (χ0n) is 16.0. The normalized spacial score (nSPS) is 18.0. The number of rotatable bonds is 8. The van der Waals surface area contributed by atoms with Gasteiger partial charge in [0.2, 0.25) is 15.9 Å². The number of carbonyl (C=O) groups excluding carboxylic acids is 1. The van der Waals surface area contributed by atoms with Crippen LogP contribution in [0.4, 0.5) is 0 Å². The first-order valence-electron chi connectivity index (χ1n) is 9.29. The van der Waals surface area contributed by atoms with E-state index in [1.807, 2.05) is 32.3 Å². The van der Waals surface area contributed by atoms with Gasteiger partial charge in [-0.05, 0) is 45.8 Å². The van der Waals surface area contributed by atoms with Crippen molar-refractivity contribution in [2.24, 2.45) is 5.92 Å². The molecule has 0 spiro atoms. The summed E-state index contributed by atoms with van der Waals surface area (Å²) in [6.45, 7) is 3.13. The molecule has 26 heavy (non-hydrogen) atoms. The Morgan fingerprint density at radius 2 is 1.85 bits per heavy atom. The third-order valence-electron chi connectivity index (χ3n) is 5.14. The van der Waals surface area contributed by atoms with Gasteiger partial charge in [-0.15, -0.1) is 0 Å². The number of hydrogen-bond donors (Lipinski definition) is 1. The molecule has 2 rings (SSSR count). The van der Waals surface area contributed by atoms with E-state index < -0.39 is 10.0 Å². The molecule has 146 valence electrons. The Kier molecular flexibility index (Phi) is 7.61. The second-order valence-corrected chi connectivity index (χ2v) is 9.38. The van der Waals surface area contributed by atoms with Crippen LogP contribution < -0.4 is 5.32 Å². The topological polar surface area (TPSA) is 69.7 Å². The Hall–Kier alpha value is -1.44. The standard InChI is InChI=1S/C19H31N3O3S/c1-4-26(24,25)22-12-10-17(11-13-22)19(23)20-15-18(21(2)3)14-16-8-6-5-7-9-16/h5-9,17-18H,4,10-15H2,1-3H3,(H,20,23). The maximum Gasteiger partial charge on any atom is 0.223 e. The second-order valence-electron chi connectivity index (χ2n) is 7.13. The van der Waals surface area contributed by atoms with Crippen molar-refractivity contribution in [2.45, 2.75) is 32.2 Å². The lowest BCUT2D eigenvalue weighted by molar-refractivity contribution is -0.126. The first-order chi connectivity index (χ1) is 12.3. The summed E-state index contributed by atoms with van der Waals surface area (Å²) in [6, 6.07) is 10.5. The molecule has 6 nitrogen and oxygen atoms in total. The van der Waals surface area contributed by atoms with Gasteiger partial charge in [0.25, 0.3) is 0 Å². The van der Waals surface area contributed by atoms with Crippen molar-refractivity contribution in [3.8, 4) is 0 Å². The highest BCUT2D eigenvalue weighted by Crippen LogP contribution is 2.20. The predicted octanol–water partition coefficient (Wildman–Crippen LogP) is 1.34. The number of hydrogen-bond acceptors (Lipinski definition) is 4. The van der Waals surface area contributed by atoms with Crippen molar-refractivity contribution in [1.29, 1.82) is 0 Å². The molecule has 0 bridgehead atoms. The highest BCUT2D eigenvalue weighted by atomic mass is 32.2. The maximum absolute atomic E-state index is 12.5. The molecule has 0 radical (unpaired) electrons. The molecule has 1 aromatic rings. The lowest BCUT2D eigenvalue weighted by atomic mass is 9.97. The van der Waals surface area contributed by atoms with Crippen molar-refractivity contribution in [3.63, 3.8) is 0 Å². The maximum atomic E-state index is 12.5. The third kappa shape index (κ3) is 5.79. The van der Waals surface area contributed by atoms with E-state index in [0.717, 1.165) is 6.42 Å². The zero-order chi connectivity index (χ0) is 19.2. The van der Waals surface area contributed by atoms with Crippen molar-refractivity contribution in [2.75, 3.05) is 39.5 Å². The smallest absolute Gasteiger partial charge is 0.223 e. The van der Waals surface area contributed by atoms with E-state index in [1.165, 1.54) is 9.87 Å². The second kappa shape index (κ2) is 9.48. The molecular weight excluding hydrogens is 350 g/mol. The minimum atomic E-state index is -3.15. The molecule has 0 saturated carbocycles. The predicted molar refractivity (Wildman–Crippen MR) is 104 cm³/mol. The molecule has 1 aliphatic rings. The molecule has 1 atom stereocenters. The summed E-state index contributed by atoms with van der Waals surface area (Å²) in [6.07, 6.45) is 2.06. The molecule has 1 amide bonds. The van der Waals surface area contributed by atoms with E-state index in [-0.39, 0.29) is 23.6 Å². The fraction of sp³-hybridized carbons (Fsp3) is 0.632. The number of nitrogens with zero attached hydrogens (tertiary/aromatic N) is 2. The number of sulfonamides is 1. The molecule has 1 N–H and O–H groups in total. The fourth-order valence-corrected chi connectivity index (χ4v) is 4.40. The van der Waals surface area contributed by atoms with Gasteiger partial charge in [-0.3, -0.25) is 4.79 Å². The summed E-state index contributed by atoms with van der Waals surface area (Å²) < 4.78 is 25.3. The molecule has 1 heterocycles. The van der Waals surface area contributed by atoms with Crippen LogP contribution in [0.25, 0.3) is 0 Å². The Labute approximate surface area is 157 Å². The highest BCUT2D eigenvalue weighted by Gasteiger charge is 2.30. The summed E-state index contributed by atoms with van der Waals surface area (Å²) in [5.41, 5.74) is 1.25. The molecule has 1 saturated heterocycles. The monoisotopic (exact) mass is 381 g/mol. The fourth-order valence-electron chi connectivity index (χ4n) is 3.26. The number of piperidine rings is 1. The van der Waals surface area contributed by atoms with Gasteiger partial charge < -0.3 is 10.2 Å². The van der Waals surface area contributed by atoms with Crippen LogP contribution in [0.1, 0.15) is 25.3 Å². The quantitative estimate of drug-likeness (QED) is 0.738. The van der Waals surface area contributed by atoms with Gasteiger partial charge in [0.05, 0.1) is 5.75 Å². The van der Waals surface area contributed by atoms with Crippen LogP contribution in [-0.2, 0) is 21.2 Å². The van der Waals surface area contributed by atoms with Gasteiger partial charge in [0.1, 0.15) is 0 Å². The first kappa shape index (κ1) is 20.9. The van der Waals surface area contributed by atoms with E-state index in [0.29, 0.717) is 32.5 Å². The van der Waals surface area contributed by atoms with Gasteiger partial charge >= 0.3 is 0 Å². The Morgan fingerprint density at radius 3 is 2.38 bits per heavy atom. The highest BCUT2D eigenvalue weighted by molar-refractivity contribution is 7.89. The summed E-state index contributed by atoms with van der Waals surface area (Å²) in [5, 5.41) is 3.07. The van der Waals surface area contributed by atoms with E-state index in [9.17, 15) is 13.2 Å². The minimum Gasteiger partial charge on any atom is -0.354 e. The molecule has 0 aromatic heterocycles. The first-order valence-corrected chi connectivity index (χ1v) is 10.9. The van der Waals surface area contributed by atoms with Crippen LogP contribution in [0.3, 0.4) is 0 Å². The Morgan fingerprint density at radius 1 is 1.23 bits per heavy atom. The zero-order valence-corrected chi connectivity index (χ0v) is 16.8. The summed E-state index contributed by atoms with van der Waals surface area (Å²) >= 11 is 0. The summed E-state index contributed by atoms with van der Waals surface area (Å²) in [4.78, 5) is 14.6. The van der Waals surface area contributed by atoms with E-state index in [4.69, 9.17) is 0 Å². The van der Waals surface area contributed by atoms with Crippen molar-refractivity contribution in [1.82, 2.24) is 14.5 Å². The van der Waals surface area contributed by atoms with Gasteiger partial charge in [-0.25, -0.2) is 12.7 Å². The molecule has 1 aliphatic heterocycles. The molecular formula is C19H31N3O3S. The van der Waals surface area contributed by atoms with Crippen molar-refractivity contribution in [3.05, 3.63) is 35.9 Å². The molecule has 1 fully saturated rings. The van der Waals surface area contributed by atoms with Crippen LogP contribution in [0.5, 0.6) is 0 Å². The minimum absolute atomic E-state index is 0.0402. The summed E-state index contributed by atoms with van der Waals surface area (Å²) in [7, 11) is 0.896.